The van der Waals surface area contributed by atoms with Gasteiger partial charge < -0.3 is 5.11 Å². The number of rotatable bonds is 3. The van der Waals surface area contributed by atoms with Gasteiger partial charge in [-0.25, -0.2) is 9.48 Å². The molecule has 88 valence electrons. The number of halogens is 1. The number of fused-ring (bicyclic) bond motifs is 1. The van der Waals surface area contributed by atoms with Crippen molar-refractivity contribution in [1.82, 2.24) is 15.0 Å². The molecule has 17 heavy (non-hydrogen) atoms. The third-order valence-corrected chi connectivity index (χ3v) is 2.76. The molecule has 1 aromatic carbocycles. The molecule has 1 aromatic heterocycles. The Morgan fingerprint density at radius 3 is 3.00 bits per heavy atom. The summed E-state index contributed by atoms with van der Waals surface area (Å²) in [5.41, 5.74) is 2.04. The van der Waals surface area contributed by atoms with Crippen LogP contribution in [-0.4, -0.2) is 26.1 Å². The minimum absolute atomic E-state index is 0.416. The van der Waals surface area contributed by atoms with Gasteiger partial charge >= 0.3 is 5.97 Å². The number of benzene rings is 1. The molecule has 2 rings (SSSR count). The number of aliphatic carboxylic acids is 1. The highest BCUT2D eigenvalue weighted by atomic mass is 35.5. The Hall–Kier alpha value is -1.88. The molecular weight excluding hydrogens is 242 g/mol. The molecule has 2 aromatic rings. The predicted octanol–water partition coefficient (Wildman–Crippen LogP) is 2.20. The fraction of sp³-hybridized carbons (Fsp3) is 0.182. The first kappa shape index (κ1) is 11.6. The van der Waals surface area contributed by atoms with Gasteiger partial charge in [-0.15, -0.1) is 5.10 Å². The Morgan fingerprint density at radius 2 is 2.35 bits per heavy atom. The molecular formula is C11H10ClN3O2. The van der Waals surface area contributed by atoms with E-state index in [-0.39, 0.29) is 0 Å². The molecule has 0 atom stereocenters. The summed E-state index contributed by atoms with van der Waals surface area (Å²) in [5, 5.41) is 16.9. The van der Waals surface area contributed by atoms with Crippen molar-refractivity contribution >= 4 is 34.7 Å². The second kappa shape index (κ2) is 4.55. The van der Waals surface area contributed by atoms with E-state index in [9.17, 15) is 4.79 Å². The number of nitrogens with zero attached hydrogens (tertiary/aromatic N) is 3. The lowest BCUT2D eigenvalue weighted by molar-refractivity contribution is -0.131. The van der Waals surface area contributed by atoms with Crippen LogP contribution in [0.3, 0.4) is 0 Å². The maximum absolute atomic E-state index is 10.4. The zero-order valence-electron chi connectivity index (χ0n) is 9.09. The minimum Gasteiger partial charge on any atom is -0.478 e. The number of aryl methyl sites for hydroxylation is 1. The first-order chi connectivity index (χ1) is 8.13. The number of carboxylic acid groups (broad SMARTS) is 1. The molecule has 0 saturated heterocycles. The molecule has 0 unspecified atom stereocenters. The summed E-state index contributed by atoms with van der Waals surface area (Å²) >= 11 is 6.14. The summed E-state index contributed by atoms with van der Waals surface area (Å²) in [7, 11) is 0. The van der Waals surface area contributed by atoms with Crippen LogP contribution in [0.5, 0.6) is 0 Å². The van der Waals surface area contributed by atoms with Gasteiger partial charge in [0, 0.05) is 12.6 Å². The van der Waals surface area contributed by atoms with Crippen molar-refractivity contribution in [2.24, 2.45) is 0 Å². The molecule has 6 heteroatoms. The highest BCUT2D eigenvalue weighted by Crippen LogP contribution is 2.26. The normalized spacial score (nSPS) is 11.4. The van der Waals surface area contributed by atoms with Gasteiger partial charge in [-0.3, -0.25) is 0 Å². The Morgan fingerprint density at radius 1 is 1.59 bits per heavy atom. The molecule has 0 amide bonds. The molecule has 1 heterocycles. The molecule has 0 aliphatic carbocycles. The molecule has 0 spiro atoms. The SMILES string of the molecule is CCn1nnc2c(Cl)c(C=CC(=O)O)ccc21. The third-order valence-electron chi connectivity index (χ3n) is 2.36. The van der Waals surface area contributed by atoms with Gasteiger partial charge in [0.25, 0.3) is 0 Å². The maximum atomic E-state index is 10.4. The van der Waals surface area contributed by atoms with Crippen molar-refractivity contribution in [2.45, 2.75) is 13.5 Å². The third kappa shape index (κ3) is 2.14. The van der Waals surface area contributed by atoms with E-state index in [1.807, 2.05) is 13.0 Å². The van der Waals surface area contributed by atoms with Crippen LogP contribution in [0.15, 0.2) is 18.2 Å². The van der Waals surface area contributed by atoms with E-state index >= 15 is 0 Å². The van der Waals surface area contributed by atoms with Crippen LogP contribution in [0.4, 0.5) is 0 Å². The summed E-state index contributed by atoms with van der Waals surface area (Å²) in [6.07, 6.45) is 2.48. The van der Waals surface area contributed by atoms with Gasteiger partial charge in [0.1, 0.15) is 5.52 Å². The van der Waals surface area contributed by atoms with E-state index in [2.05, 4.69) is 10.3 Å². The van der Waals surface area contributed by atoms with Crippen molar-refractivity contribution in [3.05, 3.63) is 28.8 Å². The van der Waals surface area contributed by atoms with Gasteiger partial charge in [0.05, 0.1) is 10.5 Å². The van der Waals surface area contributed by atoms with Crippen LogP contribution in [0, 0.1) is 0 Å². The Bertz CT molecular complexity index is 604. The van der Waals surface area contributed by atoms with Gasteiger partial charge in [0.15, 0.2) is 0 Å². The van der Waals surface area contributed by atoms with Gasteiger partial charge in [-0.2, -0.15) is 0 Å². The lowest BCUT2D eigenvalue weighted by Crippen LogP contribution is -1.95. The smallest absolute Gasteiger partial charge is 0.328 e. The van der Waals surface area contributed by atoms with Crippen LogP contribution in [0.1, 0.15) is 12.5 Å². The standard InChI is InChI=1S/C11H10ClN3O2/c1-2-15-8-5-3-7(4-6-9(16)17)10(12)11(8)13-14-15/h3-6H,2H2,1H3,(H,16,17). The van der Waals surface area contributed by atoms with E-state index < -0.39 is 5.97 Å². The fourth-order valence-electron chi connectivity index (χ4n) is 1.54. The van der Waals surface area contributed by atoms with Gasteiger partial charge in [-0.05, 0) is 24.6 Å². The fourth-order valence-corrected chi connectivity index (χ4v) is 1.80. The van der Waals surface area contributed by atoms with Crippen molar-refractivity contribution < 1.29 is 9.90 Å². The average Bonchev–Trinajstić information content (AvgIpc) is 2.71. The largest absolute Gasteiger partial charge is 0.478 e. The molecule has 0 aliphatic rings. The topological polar surface area (TPSA) is 68.0 Å². The molecule has 0 aliphatic heterocycles. The highest BCUT2D eigenvalue weighted by molar-refractivity contribution is 6.36. The van der Waals surface area contributed by atoms with Crippen molar-refractivity contribution in [2.75, 3.05) is 0 Å². The lowest BCUT2D eigenvalue weighted by Gasteiger charge is -2.00. The second-order valence-electron chi connectivity index (χ2n) is 3.41. The van der Waals surface area contributed by atoms with Crippen molar-refractivity contribution in [3.8, 4) is 0 Å². The molecule has 0 fully saturated rings. The molecule has 5 nitrogen and oxygen atoms in total. The maximum Gasteiger partial charge on any atom is 0.328 e. The zero-order chi connectivity index (χ0) is 12.4. The van der Waals surface area contributed by atoms with Gasteiger partial charge in [0.2, 0.25) is 0 Å². The molecule has 1 N–H and O–H groups in total. The van der Waals surface area contributed by atoms with Crippen LogP contribution in [0.25, 0.3) is 17.1 Å². The van der Waals surface area contributed by atoms with Crippen molar-refractivity contribution in [3.63, 3.8) is 0 Å². The van der Waals surface area contributed by atoms with E-state index in [1.165, 1.54) is 6.08 Å². The first-order valence-electron chi connectivity index (χ1n) is 5.06. The average molecular weight is 252 g/mol. The monoisotopic (exact) mass is 251 g/mol. The van der Waals surface area contributed by atoms with E-state index in [0.717, 1.165) is 11.6 Å². The second-order valence-corrected chi connectivity index (χ2v) is 3.79. The number of hydrogen-bond acceptors (Lipinski definition) is 3. The van der Waals surface area contributed by atoms with Crippen molar-refractivity contribution in [1.29, 1.82) is 0 Å². The highest BCUT2D eigenvalue weighted by Gasteiger charge is 2.09. The molecule has 0 bridgehead atoms. The quantitative estimate of drug-likeness (QED) is 0.849. The summed E-state index contributed by atoms with van der Waals surface area (Å²) in [4.78, 5) is 10.4. The van der Waals surface area contributed by atoms with Crippen LogP contribution in [0.2, 0.25) is 5.02 Å². The Labute approximate surface area is 102 Å². The summed E-state index contributed by atoms with van der Waals surface area (Å²) in [6, 6.07) is 3.58. The summed E-state index contributed by atoms with van der Waals surface area (Å²) in [5.74, 6) is -1.02. The number of carboxylic acids is 1. The Kier molecular flexibility index (Phi) is 3.10. The van der Waals surface area contributed by atoms with E-state index in [4.69, 9.17) is 16.7 Å². The van der Waals surface area contributed by atoms with E-state index in [1.54, 1.807) is 10.7 Å². The molecule has 0 saturated carbocycles. The van der Waals surface area contributed by atoms with Crippen LogP contribution < -0.4 is 0 Å². The van der Waals surface area contributed by atoms with Gasteiger partial charge in [-0.1, -0.05) is 22.9 Å². The lowest BCUT2D eigenvalue weighted by atomic mass is 10.2. The summed E-state index contributed by atoms with van der Waals surface area (Å²) in [6.45, 7) is 2.66. The number of aromatic nitrogens is 3. The van der Waals surface area contributed by atoms with E-state index in [0.29, 0.717) is 22.6 Å². The van der Waals surface area contributed by atoms with Crippen LogP contribution in [-0.2, 0) is 11.3 Å². The predicted molar refractivity (Wildman–Crippen MR) is 64.9 cm³/mol. The Balaban J connectivity index is 2.54. The number of carbonyl (C=O) groups is 1. The zero-order valence-corrected chi connectivity index (χ0v) is 9.85. The molecule has 0 radical (unpaired) electrons. The first-order valence-corrected chi connectivity index (χ1v) is 5.44. The number of hydrogen-bond donors (Lipinski definition) is 1. The summed E-state index contributed by atoms with van der Waals surface area (Å²) < 4.78 is 1.73. The minimum atomic E-state index is -1.02. The van der Waals surface area contributed by atoms with Crippen LogP contribution >= 0.6 is 11.6 Å².